The number of aliphatic hydroxyl groups is 1. The monoisotopic (exact) mass is 241 g/mol. The Morgan fingerprint density at radius 3 is 2.41 bits per heavy atom. The first-order chi connectivity index (χ1) is 8.00. The summed E-state index contributed by atoms with van der Waals surface area (Å²) in [5.41, 5.74) is 0.112. The molecule has 1 saturated heterocycles. The van der Waals surface area contributed by atoms with Gasteiger partial charge in [0.05, 0.1) is 6.10 Å². The summed E-state index contributed by atoms with van der Waals surface area (Å²) in [6, 6.07) is 0.652. The first-order valence-electron chi connectivity index (χ1n) is 6.97. The van der Waals surface area contributed by atoms with Gasteiger partial charge in [-0.25, -0.2) is 0 Å². The van der Waals surface area contributed by atoms with E-state index < -0.39 is 0 Å². The van der Waals surface area contributed by atoms with Crippen LogP contribution in [-0.4, -0.2) is 49.0 Å². The number of hydrogen-bond acceptors (Lipinski definition) is 3. The molecule has 0 radical (unpaired) electrons. The first-order valence-corrected chi connectivity index (χ1v) is 6.97. The fraction of sp³-hybridized carbons (Fsp3) is 1.00. The molecule has 1 saturated carbocycles. The summed E-state index contributed by atoms with van der Waals surface area (Å²) in [5.74, 6) is 0.456. The van der Waals surface area contributed by atoms with Crippen LogP contribution in [0, 0.1) is 11.3 Å². The minimum absolute atomic E-state index is 0.112. The van der Waals surface area contributed by atoms with Gasteiger partial charge in [0.1, 0.15) is 0 Å². The molecular formula is C14H27NO2. The van der Waals surface area contributed by atoms with Crippen LogP contribution in [0.25, 0.3) is 0 Å². The van der Waals surface area contributed by atoms with Gasteiger partial charge in [0.25, 0.3) is 0 Å². The van der Waals surface area contributed by atoms with Crippen LogP contribution in [-0.2, 0) is 4.74 Å². The molecule has 1 aliphatic carbocycles. The average molecular weight is 241 g/mol. The highest BCUT2D eigenvalue weighted by molar-refractivity contribution is 4.92. The van der Waals surface area contributed by atoms with Gasteiger partial charge in [0.2, 0.25) is 0 Å². The van der Waals surface area contributed by atoms with Crippen LogP contribution in [0.1, 0.15) is 39.5 Å². The Balaban J connectivity index is 1.84. The molecule has 17 heavy (non-hydrogen) atoms. The lowest BCUT2D eigenvalue weighted by atomic mass is 9.87. The summed E-state index contributed by atoms with van der Waals surface area (Å²) < 4.78 is 5.40. The largest absolute Gasteiger partial charge is 0.392 e. The quantitative estimate of drug-likeness (QED) is 0.819. The van der Waals surface area contributed by atoms with Crippen LogP contribution in [0.3, 0.4) is 0 Å². The zero-order valence-electron chi connectivity index (χ0n) is 11.5. The predicted octanol–water partition coefficient (Wildman–Crippen LogP) is 1.89. The molecule has 1 N–H and O–H groups in total. The van der Waals surface area contributed by atoms with E-state index in [0.29, 0.717) is 12.0 Å². The normalized spacial score (nSPS) is 34.4. The second-order valence-corrected chi connectivity index (χ2v) is 6.52. The lowest BCUT2D eigenvalue weighted by molar-refractivity contribution is 0.00992. The van der Waals surface area contributed by atoms with Crippen molar-refractivity contribution in [3.05, 3.63) is 0 Å². The number of aliphatic hydroxyl groups excluding tert-OH is 1. The fourth-order valence-electron chi connectivity index (χ4n) is 3.34. The standard InChI is InChI=1S/C14H27NO2/c1-14(2)7-4-11(13(14)16)10-15(3)12-5-8-17-9-6-12/h11-13,16H,4-10H2,1-3H3. The molecule has 1 heterocycles. The van der Waals surface area contributed by atoms with Crippen molar-refractivity contribution in [1.82, 2.24) is 4.90 Å². The Hall–Kier alpha value is -0.120. The fourth-order valence-corrected chi connectivity index (χ4v) is 3.34. The van der Waals surface area contributed by atoms with Gasteiger partial charge in [-0.15, -0.1) is 0 Å². The summed E-state index contributed by atoms with van der Waals surface area (Å²) in [6.07, 6.45) is 4.47. The van der Waals surface area contributed by atoms with Gasteiger partial charge in [0.15, 0.2) is 0 Å². The van der Waals surface area contributed by atoms with Gasteiger partial charge in [-0.1, -0.05) is 13.8 Å². The van der Waals surface area contributed by atoms with E-state index in [0.717, 1.165) is 39.0 Å². The first kappa shape index (κ1) is 13.3. The third kappa shape index (κ3) is 3.01. The number of hydrogen-bond donors (Lipinski definition) is 1. The SMILES string of the molecule is CN(CC1CCC(C)(C)C1O)C1CCOCC1. The van der Waals surface area contributed by atoms with E-state index in [1.54, 1.807) is 0 Å². The summed E-state index contributed by atoms with van der Waals surface area (Å²) in [4.78, 5) is 2.44. The van der Waals surface area contributed by atoms with Gasteiger partial charge in [-0.05, 0) is 44.1 Å². The van der Waals surface area contributed by atoms with E-state index in [4.69, 9.17) is 4.74 Å². The van der Waals surface area contributed by atoms with Crippen molar-refractivity contribution in [2.24, 2.45) is 11.3 Å². The molecule has 100 valence electrons. The molecule has 1 aliphatic heterocycles. The minimum Gasteiger partial charge on any atom is -0.392 e. The van der Waals surface area contributed by atoms with Crippen molar-refractivity contribution in [2.45, 2.75) is 51.7 Å². The average Bonchev–Trinajstić information content (AvgIpc) is 2.57. The van der Waals surface area contributed by atoms with Crippen molar-refractivity contribution in [1.29, 1.82) is 0 Å². The maximum absolute atomic E-state index is 10.3. The smallest absolute Gasteiger partial charge is 0.0631 e. The Morgan fingerprint density at radius 1 is 1.24 bits per heavy atom. The van der Waals surface area contributed by atoms with Crippen molar-refractivity contribution >= 4 is 0 Å². The maximum atomic E-state index is 10.3. The van der Waals surface area contributed by atoms with Gasteiger partial charge in [-0.3, -0.25) is 0 Å². The third-order valence-corrected chi connectivity index (χ3v) is 4.74. The molecule has 3 heteroatoms. The Bertz CT molecular complexity index is 249. The predicted molar refractivity (Wildman–Crippen MR) is 69.0 cm³/mol. The van der Waals surface area contributed by atoms with Crippen molar-refractivity contribution in [2.75, 3.05) is 26.8 Å². The second-order valence-electron chi connectivity index (χ2n) is 6.52. The number of rotatable bonds is 3. The van der Waals surface area contributed by atoms with E-state index in [1.807, 2.05) is 0 Å². The van der Waals surface area contributed by atoms with E-state index in [9.17, 15) is 5.11 Å². The van der Waals surface area contributed by atoms with Crippen molar-refractivity contribution in [3.63, 3.8) is 0 Å². The number of ether oxygens (including phenoxy) is 1. The number of nitrogens with zero attached hydrogens (tertiary/aromatic N) is 1. The van der Waals surface area contributed by atoms with Gasteiger partial charge in [-0.2, -0.15) is 0 Å². The lowest BCUT2D eigenvalue weighted by Gasteiger charge is -2.34. The molecule has 2 rings (SSSR count). The molecule has 0 aromatic carbocycles. The molecule has 0 aromatic rings. The van der Waals surface area contributed by atoms with Crippen LogP contribution in [0.2, 0.25) is 0 Å². The molecule has 2 unspecified atom stereocenters. The lowest BCUT2D eigenvalue weighted by Crippen LogP contribution is -2.42. The molecule has 2 fully saturated rings. The molecule has 0 spiro atoms. The zero-order chi connectivity index (χ0) is 12.5. The van der Waals surface area contributed by atoms with Crippen LogP contribution in [0.5, 0.6) is 0 Å². The summed E-state index contributed by atoms with van der Waals surface area (Å²) >= 11 is 0. The third-order valence-electron chi connectivity index (χ3n) is 4.74. The molecule has 3 nitrogen and oxygen atoms in total. The second kappa shape index (κ2) is 5.25. The highest BCUT2D eigenvalue weighted by atomic mass is 16.5. The highest BCUT2D eigenvalue weighted by Gasteiger charge is 2.41. The van der Waals surface area contributed by atoms with Gasteiger partial charge in [0, 0.05) is 25.8 Å². The zero-order valence-corrected chi connectivity index (χ0v) is 11.5. The van der Waals surface area contributed by atoms with Crippen LogP contribution < -0.4 is 0 Å². The Morgan fingerprint density at radius 2 is 1.88 bits per heavy atom. The summed E-state index contributed by atoms with van der Waals surface area (Å²) in [5, 5.41) is 10.3. The van der Waals surface area contributed by atoms with E-state index >= 15 is 0 Å². The van der Waals surface area contributed by atoms with Crippen LogP contribution >= 0.6 is 0 Å². The van der Waals surface area contributed by atoms with E-state index in [1.165, 1.54) is 6.42 Å². The molecule has 2 atom stereocenters. The van der Waals surface area contributed by atoms with E-state index in [2.05, 4.69) is 25.8 Å². The molecule has 0 aromatic heterocycles. The van der Waals surface area contributed by atoms with Crippen molar-refractivity contribution in [3.8, 4) is 0 Å². The molecule has 0 amide bonds. The van der Waals surface area contributed by atoms with Gasteiger partial charge >= 0.3 is 0 Å². The Kier molecular flexibility index (Phi) is 4.11. The molecule has 2 aliphatic rings. The molecular weight excluding hydrogens is 214 g/mol. The molecule has 0 bridgehead atoms. The maximum Gasteiger partial charge on any atom is 0.0631 e. The van der Waals surface area contributed by atoms with Crippen LogP contribution in [0.4, 0.5) is 0 Å². The summed E-state index contributed by atoms with van der Waals surface area (Å²) in [7, 11) is 2.20. The van der Waals surface area contributed by atoms with Crippen molar-refractivity contribution < 1.29 is 9.84 Å². The van der Waals surface area contributed by atoms with E-state index in [-0.39, 0.29) is 11.5 Å². The minimum atomic E-state index is -0.134. The van der Waals surface area contributed by atoms with Gasteiger partial charge < -0.3 is 14.7 Å². The topological polar surface area (TPSA) is 32.7 Å². The highest BCUT2D eigenvalue weighted by Crippen LogP contribution is 2.41. The summed E-state index contributed by atoms with van der Waals surface area (Å²) in [6.45, 7) is 7.20. The van der Waals surface area contributed by atoms with Crippen LogP contribution in [0.15, 0.2) is 0 Å². The Labute approximate surface area is 105 Å².